The largest absolute Gasteiger partial charge is 0.369 e. The number of hydrogen-bond donors (Lipinski definition) is 1. The summed E-state index contributed by atoms with van der Waals surface area (Å²) in [6.45, 7) is 5.23. The molecule has 1 amide bonds. The highest BCUT2D eigenvalue weighted by atomic mass is 16.1. The van der Waals surface area contributed by atoms with Crippen LogP contribution in [0.25, 0.3) is 0 Å². The van der Waals surface area contributed by atoms with Gasteiger partial charge in [-0.05, 0) is 48.8 Å². The number of carbonyl (C=O) groups excluding carboxylic acids is 1. The third-order valence-corrected chi connectivity index (χ3v) is 7.16. The second-order valence-electron chi connectivity index (χ2n) is 8.85. The van der Waals surface area contributed by atoms with Crippen LogP contribution in [-0.4, -0.2) is 10.5 Å². The van der Waals surface area contributed by atoms with Crippen molar-refractivity contribution in [1.82, 2.24) is 4.57 Å². The summed E-state index contributed by atoms with van der Waals surface area (Å²) in [7, 11) is 0. The van der Waals surface area contributed by atoms with E-state index in [1.54, 1.807) is 0 Å². The lowest BCUT2D eigenvalue weighted by molar-refractivity contribution is -0.692. The van der Waals surface area contributed by atoms with Crippen molar-refractivity contribution in [1.29, 1.82) is 0 Å². The molecule has 0 bridgehead atoms. The molecule has 1 heterocycles. The van der Waals surface area contributed by atoms with E-state index in [4.69, 9.17) is 5.73 Å². The first kappa shape index (κ1) is 22.1. The number of benzene rings is 2. The SMILES string of the molecule is CC/C=C/C[n+]1ccn([C@H]2CC[C@@H](C(C(N)=O)(c3ccccc3)c3ccccc3)C2)c1C. The standard InChI is InChI=1S/C28H33N3O/c1-3-4-11-18-30-19-20-31(22(30)2)26-17-16-25(21-26)28(27(29)32,23-12-7-5-8-13-23)24-14-9-6-10-15-24/h4-15,19-20,25-26H,3,16-18,21H2,1-2H3,(H-,29,32)/p+1/b11-4+/t25-,26+/m1/s1. The number of carbonyl (C=O) groups is 1. The van der Waals surface area contributed by atoms with Gasteiger partial charge in [0, 0.05) is 6.92 Å². The average Bonchev–Trinajstić information content (AvgIpc) is 3.43. The molecule has 0 spiro atoms. The molecule has 1 aliphatic carbocycles. The Morgan fingerprint density at radius 3 is 2.25 bits per heavy atom. The molecule has 1 aromatic heterocycles. The second kappa shape index (κ2) is 9.56. The molecule has 166 valence electrons. The normalized spacial score (nSPS) is 18.9. The highest BCUT2D eigenvalue weighted by Crippen LogP contribution is 2.49. The third kappa shape index (κ3) is 3.90. The highest BCUT2D eigenvalue weighted by molar-refractivity contribution is 5.91. The molecule has 1 saturated carbocycles. The van der Waals surface area contributed by atoms with Crippen molar-refractivity contribution in [2.45, 2.75) is 57.5 Å². The lowest BCUT2D eigenvalue weighted by Gasteiger charge is -2.37. The average molecular weight is 429 g/mol. The molecule has 2 atom stereocenters. The number of nitrogens with zero attached hydrogens (tertiary/aromatic N) is 2. The zero-order valence-electron chi connectivity index (χ0n) is 19.2. The van der Waals surface area contributed by atoms with Crippen LogP contribution in [0, 0.1) is 12.8 Å². The fourth-order valence-electron chi connectivity index (χ4n) is 5.58. The van der Waals surface area contributed by atoms with Crippen molar-refractivity contribution in [2.75, 3.05) is 0 Å². The first-order chi connectivity index (χ1) is 15.6. The van der Waals surface area contributed by atoms with Crippen LogP contribution in [0.15, 0.2) is 85.2 Å². The number of amides is 1. The Kier molecular flexibility index (Phi) is 6.59. The summed E-state index contributed by atoms with van der Waals surface area (Å²) in [5.41, 5.74) is 7.41. The van der Waals surface area contributed by atoms with Gasteiger partial charge in [-0.3, -0.25) is 4.79 Å². The number of nitrogens with two attached hydrogens (primary N) is 1. The molecule has 1 fully saturated rings. The van der Waals surface area contributed by atoms with Gasteiger partial charge in [-0.1, -0.05) is 73.7 Å². The Bertz CT molecular complexity index is 1030. The van der Waals surface area contributed by atoms with E-state index >= 15 is 0 Å². The molecule has 0 radical (unpaired) electrons. The Balaban J connectivity index is 1.70. The summed E-state index contributed by atoms with van der Waals surface area (Å²) in [5.74, 6) is 1.13. The van der Waals surface area contributed by atoms with Crippen molar-refractivity contribution >= 4 is 5.91 Å². The molecule has 3 aromatic rings. The maximum atomic E-state index is 13.3. The zero-order valence-corrected chi connectivity index (χ0v) is 19.2. The van der Waals surface area contributed by atoms with Gasteiger partial charge in [0.15, 0.2) is 0 Å². The molecular weight excluding hydrogens is 394 g/mol. The topological polar surface area (TPSA) is 51.9 Å². The van der Waals surface area contributed by atoms with Crippen molar-refractivity contribution in [2.24, 2.45) is 11.7 Å². The second-order valence-corrected chi connectivity index (χ2v) is 8.85. The minimum atomic E-state index is -0.821. The van der Waals surface area contributed by atoms with Crippen molar-refractivity contribution < 1.29 is 9.36 Å². The number of imidazole rings is 1. The van der Waals surface area contributed by atoms with Crippen LogP contribution in [0.1, 0.15) is 55.6 Å². The van der Waals surface area contributed by atoms with Crippen molar-refractivity contribution in [3.63, 3.8) is 0 Å². The molecule has 32 heavy (non-hydrogen) atoms. The third-order valence-electron chi connectivity index (χ3n) is 7.16. The molecule has 0 unspecified atom stereocenters. The number of aromatic nitrogens is 2. The van der Waals surface area contributed by atoms with Crippen LogP contribution < -0.4 is 10.3 Å². The van der Waals surface area contributed by atoms with Gasteiger partial charge in [-0.25, -0.2) is 9.13 Å². The van der Waals surface area contributed by atoms with Gasteiger partial charge in [0.1, 0.15) is 30.4 Å². The quantitative estimate of drug-likeness (QED) is 0.404. The fraction of sp³-hybridized carbons (Fsp3) is 0.357. The summed E-state index contributed by atoms with van der Waals surface area (Å²) in [5, 5.41) is 0. The molecule has 2 N–H and O–H groups in total. The Hall–Kier alpha value is -3.14. The Morgan fingerprint density at radius 2 is 1.69 bits per heavy atom. The van der Waals surface area contributed by atoms with Crippen LogP contribution >= 0.6 is 0 Å². The van der Waals surface area contributed by atoms with Crippen LogP contribution in [0.4, 0.5) is 0 Å². The number of hydrogen-bond acceptors (Lipinski definition) is 1. The molecule has 2 aromatic carbocycles. The molecular formula is C28H34N3O+. The molecule has 4 nitrogen and oxygen atoms in total. The Morgan fingerprint density at radius 1 is 1.06 bits per heavy atom. The zero-order chi connectivity index (χ0) is 22.6. The van der Waals surface area contributed by atoms with Crippen molar-refractivity contribution in [3.8, 4) is 0 Å². The summed E-state index contributed by atoms with van der Waals surface area (Å²) in [4.78, 5) is 13.3. The van der Waals surface area contributed by atoms with Gasteiger partial charge in [0.05, 0.1) is 0 Å². The highest BCUT2D eigenvalue weighted by Gasteiger charge is 2.51. The van der Waals surface area contributed by atoms with E-state index < -0.39 is 5.41 Å². The first-order valence-corrected chi connectivity index (χ1v) is 11.7. The summed E-state index contributed by atoms with van der Waals surface area (Å²) >= 11 is 0. The fourth-order valence-corrected chi connectivity index (χ4v) is 5.58. The minimum absolute atomic E-state index is 0.144. The van der Waals surface area contributed by atoms with Crippen LogP contribution in [0.2, 0.25) is 0 Å². The van der Waals surface area contributed by atoms with Crippen LogP contribution in [0.3, 0.4) is 0 Å². The van der Waals surface area contributed by atoms with Gasteiger partial charge >= 0.3 is 0 Å². The van der Waals surface area contributed by atoms with Gasteiger partial charge < -0.3 is 5.73 Å². The van der Waals surface area contributed by atoms with Gasteiger partial charge in [-0.2, -0.15) is 0 Å². The number of allylic oxidation sites excluding steroid dienone is 2. The van der Waals surface area contributed by atoms with Crippen molar-refractivity contribution in [3.05, 3.63) is 102 Å². The van der Waals surface area contributed by atoms with Gasteiger partial charge in [0.25, 0.3) is 5.82 Å². The lowest BCUT2D eigenvalue weighted by atomic mass is 9.64. The maximum Gasteiger partial charge on any atom is 0.253 e. The van der Waals surface area contributed by atoms with Gasteiger partial charge in [-0.15, -0.1) is 0 Å². The minimum Gasteiger partial charge on any atom is -0.369 e. The van der Waals surface area contributed by atoms with Crippen LogP contribution in [0.5, 0.6) is 0 Å². The van der Waals surface area contributed by atoms with E-state index in [0.717, 1.165) is 43.4 Å². The van der Waals surface area contributed by atoms with E-state index in [9.17, 15) is 4.79 Å². The smallest absolute Gasteiger partial charge is 0.253 e. The van der Waals surface area contributed by atoms with Crippen LogP contribution in [-0.2, 0) is 16.8 Å². The first-order valence-electron chi connectivity index (χ1n) is 11.7. The molecule has 4 rings (SSSR count). The van der Waals surface area contributed by atoms with E-state index in [2.05, 4.69) is 71.8 Å². The molecule has 4 heteroatoms. The number of primary amides is 1. The van der Waals surface area contributed by atoms with E-state index in [-0.39, 0.29) is 11.8 Å². The predicted molar refractivity (Wildman–Crippen MR) is 128 cm³/mol. The molecule has 0 saturated heterocycles. The van der Waals surface area contributed by atoms with E-state index in [1.807, 2.05) is 36.4 Å². The maximum absolute atomic E-state index is 13.3. The number of rotatable bonds is 8. The summed E-state index contributed by atoms with van der Waals surface area (Å²) in [6, 6.07) is 20.6. The lowest BCUT2D eigenvalue weighted by Crippen LogP contribution is -2.47. The van der Waals surface area contributed by atoms with E-state index in [0.29, 0.717) is 6.04 Å². The van der Waals surface area contributed by atoms with Gasteiger partial charge in [0.2, 0.25) is 5.91 Å². The monoisotopic (exact) mass is 428 g/mol. The molecule has 1 aliphatic rings. The predicted octanol–water partition coefficient (Wildman–Crippen LogP) is 4.86. The van der Waals surface area contributed by atoms with E-state index in [1.165, 1.54) is 5.82 Å². The Labute approximate surface area is 191 Å². The molecule has 0 aliphatic heterocycles. The summed E-state index contributed by atoms with van der Waals surface area (Å²) < 4.78 is 4.68. The summed E-state index contributed by atoms with van der Waals surface area (Å²) in [6.07, 6.45) is 12.8.